The highest BCUT2D eigenvalue weighted by atomic mass is 16.6. The lowest BCUT2D eigenvalue weighted by molar-refractivity contribution is -0.384. The van der Waals surface area contributed by atoms with Crippen LogP contribution in [0.3, 0.4) is 0 Å². The first-order chi connectivity index (χ1) is 9.65. The normalized spacial score (nSPS) is 10.7. The van der Waals surface area contributed by atoms with Crippen LogP contribution in [0.1, 0.15) is 5.56 Å². The van der Waals surface area contributed by atoms with Gasteiger partial charge in [-0.3, -0.25) is 10.1 Å². The smallest absolute Gasteiger partial charge is 0.258 e. The molecule has 3 rings (SSSR count). The third kappa shape index (κ3) is 2.12. The fourth-order valence-electron chi connectivity index (χ4n) is 2.25. The van der Waals surface area contributed by atoms with Gasteiger partial charge in [-0.2, -0.15) is 0 Å². The second-order valence-electron chi connectivity index (χ2n) is 4.68. The predicted molar refractivity (Wildman–Crippen MR) is 78.6 cm³/mol. The number of aryl methyl sites for hydroxylation is 1. The van der Waals surface area contributed by atoms with Crippen molar-refractivity contribution in [3.8, 4) is 11.3 Å². The zero-order valence-corrected chi connectivity index (χ0v) is 10.9. The highest BCUT2D eigenvalue weighted by molar-refractivity contribution is 5.86. The van der Waals surface area contributed by atoms with Gasteiger partial charge in [0.25, 0.3) is 5.69 Å². The van der Waals surface area contributed by atoms with Gasteiger partial charge < -0.3 is 0 Å². The van der Waals surface area contributed by atoms with Gasteiger partial charge in [0.15, 0.2) is 0 Å². The number of hydrogen-bond acceptors (Lipinski definition) is 3. The number of hydrogen-bond donors (Lipinski definition) is 0. The summed E-state index contributed by atoms with van der Waals surface area (Å²) in [5.41, 5.74) is 3.02. The van der Waals surface area contributed by atoms with Gasteiger partial charge in [0.1, 0.15) is 5.69 Å². The summed E-state index contributed by atoms with van der Waals surface area (Å²) in [5.74, 6) is 0. The first kappa shape index (κ1) is 12.3. The summed E-state index contributed by atoms with van der Waals surface area (Å²) in [4.78, 5) is 15.4. The Bertz CT molecular complexity index is 812. The Kier molecular flexibility index (Phi) is 2.91. The van der Waals surface area contributed by atoms with E-state index in [0.717, 1.165) is 22.0 Å². The molecule has 1 heterocycles. The fourth-order valence-corrected chi connectivity index (χ4v) is 2.25. The van der Waals surface area contributed by atoms with E-state index in [0.29, 0.717) is 5.69 Å². The van der Waals surface area contributed by atoms with E-state index >= 15 is 0 Å². The molecule has 4 heteroatoms. The second-order valence-corrected chi connectivity index (χ2v) is 4.68. The van der Waals surface area contributed by atoms with Crippen LogP contribution in [-0.2, 0) is 0 Å². The van der Waals surface area contributed by atoms with Crippen molar-refractivity contribution in [3.05, 3.63) is 70.3 Å². The third-order valence-corrected chi connectivity index (χ3v) is 3.19. The highest BCUT2D eigenvalue weighted by Gasteiger charge is 2.18. The Hall–Kier alpha value is -2.75. The molecule has 0 radical (unpaired) electrons. The number of nitro groups is 1. The summed E-state index contributed by atoms with van der Waals surface area (Å²) in [6, 6.07) is 16.6. The molecule has 0 N–H and O–H groups in total. The SMILES string of the molecule is Cc1cccc(-c2nc3ccccc3cc2[N+](=O)[O-])c1. The molecule has 0 atom stereocenters. The van der Waals surface area contributed by atoms with Gasteiger partial charge in [-0.1, -0.05) is 42.0 Å². The molecule has 98 valence electrons. The molecule has 0 aliphatic carbocycles. The van der Waals surface area contributed by atoms with E-state index in [1.54, 1.807) is 6.07 Å². The van der Waals surface area contributed by atoms with Crippen molar-refractivity contribution < 1.29 is 4.92 Å². The van der Waals surface area contributed by atoms with Crippen molar-refractivity contribution in [3.63, 3.8) is 0 Å². The molecule has 0 saturated carbocycles. The predicted octanol–water partition coefficient (Wildman–Crippen LogP) is 4.12. The first-order valence-corrected chi connectivity index (χ1v) is 6.26. The van der Waals surface area contributed by atoms with Crippen LogP contribution in [-0.4, -0.2) is 9.91 Å². The number of para-hydroxylation sites is 1. The molecule has 0 aliphatic heterocycles. The van der Waals surface area contributed by atoms with Crippen LogP contribution in [0.4, 0.5) is 5.69 Å². The number of fused-ring (bicyclic) bond motifs is 1. The zero-order chi connectivity index (χ0) is 14.1. The minimum absolute atomic E-state index is 0.0364. The quantitative estimate of drug-likeness (QED) is 0.516. The molecular weight excluding hydrogens is 252 g/mol. The van der Waals surface area contributed by atoms with Gasteiger partial charge in [-0.25, -0.2) is 4.98 Å². The topological polar surface area (TPSA) is 56.0 Å². The van der Waals surface area contributed by atoms with E-state index in [1.165, 1.54) is 0 Å². The van der Waals surface area contributed by atoms with Crippen LogP contribution in [0.5, 0.6) is 0 Å². The van der Waals surface area contributed by atoms with Crippen LogP contribution >= 0.6 is 0 Å². The summed E-state index contributed by atoms with van der Waals surface area (Å²) in [6.45, 7) is 1.95. The van der Waals surface area contributed by atoms with E-state index in [4.69, 9.17) is 0 Å². The van der Waals surface area contributed by atoms with Gasteiger partial charge >= 0.3 is 0 Å². The van der Waals surface area contributed by atoms with E-state index in [1.807, 2.05) is 55.5 Å². The summed E-state index contributed by atoms with van der Waals surface area (Å²) in [5, 5.41) is 12.1. The van der Waals surface area contributed by atoms with Crippen LogP contribution in [0.25, 0.3) is 22.2 Å². The zero-order valence-electron chi connectivity index (χ0n) is 10.9. The number of pyridine rings is 1. The first-order valence-electron chi connectivity index (χ1n) is 6.26. The molecule has 0 bridgehead atoms. The van der Waals surface area contributed by atoms with Gasteiger partial charge in [-0.15, -0.1) is 0 Å². The standard InChI is InChI=1S/C16H12N2O2/c1-11-5-4-7-13(9-11)16-15(18(19)20)10-12-6-2-3-8-14(12)17-16/h2-10H,1H3. The average molecular weight is 264 g/mol. The lowest BCUT2D eigenvalue weighted by Gasteiger charge is -2.05. The summed E-state index contributed by atoms with van der Waals surface area (Å²) in [7, 11) is 0. The van der Waals surface area contributed by atoms with Gasteiger partial charge in [-0.05, 0) is 19.1 Å². The lowest BCUT2D eigenvalue weighted by Crippen LogP contribution is -1.96. The molecule has 0 amide bonds. The van der Waals surface area contributed by atoms with E-state index in [2.05, 4.69) is 4.98 Å². The monoisotopic (exact) mass is 264 g/mol. The maximum absolute atomic E-state index is 11.3. The van der Waals surface area contributed by atoms with Crippen LogP contribution in [0.15, 0.2) is 54.6 Å². The molecular formula is C16H12N2O2. The lowest BCUT2D eigenvalue weighted by atomic mass is 10.1. The minimum atomic E-state index is -0.378. The second kappa shape index (κ2) is 4.74. The third-order valence-electron chi connectivity index (χ3n) is 3.19. The molecule has 0 saturated heterocycles. The Morgan fingerprint density at radius 1 is 1.05 bits per heavy atom. The van der Waals surface area contributed by atoms with Gasteiger partial charge in [0, 0.05) is 17.0 Å². The van der Waals surface area contributed by atoms with E-state index in [-0.39, 0.29) is 10.6 Å². The van der Waals surface area contributed by atoms with Crippen molar-refractivity contribution >= 4 is 16.6 Å². The largest absolute Gasteiger partial charge is 0.296 e. The number of benzene rings is 2. The molecule has 0 fully saturated rings. The Balaban J connectivity index is 2.32. The molecule has 2 aromatic carbocycles. The summed E-state index contributed by atoms with van der Waals surface area (Å²) < 4.78 is 0. The fraction of sp³-hybridized carbons (Fsp3) is 0.0625. The number of nitrogens with zero attached hydrogens (tertiary/aromatic N) is 2. The van der Waals surface area contributed by atoms with Crippen LogP contribution in [0, 0.1) is 17.0 Å². The van der Waals surface area contributed by atoms with Crippen molar-refractivity contribution in [1.82, 2.24) is 4.98 Å². The minimum Gasteiger partial charge on any atom is -0.258 e. The molecule has 0 aliphatic rings. The maximum Gasteiger partial charge on any atom is 0.296 e. The van der Waals surface area contributed by atoms with Crippen molar-refractivity contribution in [1.29, 1.82) is 0 Å². The molecule has 3 aromatic rings. The Labute approximate surface area is 115 Å². The average Bonchev–Trinajstić information content (AvgIpc) is 2.46. The van der Waals surface area contributed by atoms with E-state index < -0.39 is 0 Å². The van der Waals surface area contributed by atoms with E-state index in [9.17, 15) is 10.1 Å². The summed E-state index contributed by atoms with van der Waals surface area (Å²) >= 11 is 0. The van der Waals surface area contributed by atoms with Crippen molar-refractivity contribution in [2.45, 2.75) is 6.92 Å². The maximum atomic E-state index is 11.3. The van der Waals surface area contributed by atoms with Crippen molar-refractivity contribution in [2.24, 2.45) is 0 Å². The molecule has 1 aromatic heterocycles. The molecule has 0 spiro atoms. The van der Waals surface area contributed by atoms with Crippen molar-refractivity contribution in [2.75, 3.05) is 0 Å². The summed E-state index contributed by atoms with van der Waals surface area (Å²) in [6.07, 6.45) is 0. The molecule has 4 nitrogen and oxygen atoms in total. The Morgan fingerprint density at radius 2 is 1.85 bits per heavy atom. The van der Waals surface area contributed by atoms with Crippen LogP contribution < -0.4 is 0 Å². The van der Waals surface area contributed by atoms with Crippen LogP contribution in [0.2, 0.25) is 0 Å². The van der Waals surface area contributed by atoms with Gasteiger partial charge in [0.2, 0.25) is 0 Å². The number of rotatable bonds is 2. The molecule has 20 heavy (non-hydrogen) atoms. The highest BCUT2D eigenvalue weighted by Crippen LogP contribution is 2.31. The number of aromatic nitrogens is 1. The molecule has 0 unspecified atom stereocenters. The Morgan fingerprint density at radius 3 is 2.60 bits per heavy atom. The van der Waals surface area contributed by atoms with Gasteiger partial charge in [0.05, 0.1) is 10.4 Å².